The van der Waals surface area contributed by atoms with Gasteiger partial charge in [-0.1, -0.05) is 0 Å². The lowest BCUT2D eigenvalue weighted by Crippen LogP contribution is -2.19. The Morgan fingerprint density at radius 2 is 1.94 bits per heavy atom. The Balaban J connectivity index is 2.37. The van der Waals surface area contributed by atoms with Gasteiger partial charge < -0.3 is 5.43 Å². The number of nitrogen functional groups attached to an aromatic ring is 1. The molecule has 2 aromatic rings. The van der Waals surface area contributed by atoms with E-state index in [0.29, 0.717) is 0 Å². The zero-order valence-electron chi connectivity index (χ0n) is 9.11. The van der Waals surface area contributed by atoms with Gasteiger partial charge in [0, 0.05) is 12.4 Å². The van der Waals surface area contributed by atoms with Crippen molar-refractivity contribution in [1.29, 1.82) is 0 Å². The number of hydrogen-bond donors (Lipinski definition) is 3. The molecule has 0 aliphatic heterocycles. The maximum Gasteiger partial charge on any atom is 0.266 e. The number of nitrogens with one attached hydrogen (secondary N) is 2. The third kappa shape index (κ3) is 2.52. The van der Waals surface area contributed by atoms with Crippen molar-refractivity contribution >= 4 is 21.7 Å². The molecule has 18 heavy (non-hydrogen) atoms. The van der Waals surface area contributed by atoms with Crippen LogP contribution in [0.4, 0.5) is 11.6 Å². The van der Waals surface area contributed by atoms with Gasteiger partial charge in [0.25, 0.3) is 10.0 Å². The highest BCUT2D eigenvalue weighted by Crippen LogP contribution is 2.19. The Labute approximate surface area is 103 Å². The third-order valence-corrected chi connectivity index (χ3v) is 3.39. The average Bonchev–Trinajstić information content (AvgIpc) is 2.39. The van der Waals surface area contributed by atoms with Crippen LogP contribution in [0.1, 0.15) is 0 Å². The van der Waals surface area contributed by atoms with Gasteiger partial charge in [-0.15, -0.1) is 5.10 Å². The smallest absolute Gasteiger partial charge is 0.266 e. The number of pyridine rings is 1. The molecule has 9 heteroatoms. The maximum absolute atomic E-state index is 12.1. The Morgan fingerprint density at radius 1 is 1.17 bits per heavy atom. The molecule has 0 fully saturated rings. The van der Waals surface area contributed by atoms with Gasteiger partial charge in [0.05, 0.1) is 0 Å². The van der Waals surface area contributed by atoms with Crippen molar-refractivity contribution in [2.45, 2.75) is 4.90 Å². The number of nitrogens with two attached hydrogens (primary N) is 1. The number of hydrazine groups is 1. The number of rotatable bonds is 4. The number of sulfonamides is 1. The fourth-order valence-electron chi connectivity index (χ4n) is 1.26. The molecule has 94 valence electrons. The van der Waals surface area contributed by atoms with Crippen molar-refractivity contribution < 1.29 is 8.42 Å². The van der Waals surface area contributed by atoms with Crippen LogP contribution in [-0.4, -0.2) is 23.6 Å². The van der Waals surface area contributed by atoms with Gasteiger partial charge in [-0.3, -0.25) is 4.72 Å². The lowest BCUT2D eigenvalue weighted by atomic mass is 10.5. The van der Waals surface area contributed by atoms with Crippen LogP contribution in [0.2, 0.25) is 0 Å². The van der Waals surface area contributed by atoms with Gasteiger partial charge in [-0.25, -0.2) is 19.2 Å². The summed E-state index contributed by atoms with van der Waals surface area (Å²) in [5, 5.41) is 7.20. The van der Waals surface area contributed by atoms with Gasteiger partial charge >= 0.3 is 0 Å². The molecule has 0 amide bonds. The minimum Gasteiger partial charge on any atom is -0.307 e. The van der Waals surface area contributed by atoms with Gasteiger partial charge in [0.15, 0.2) is 11.6 Å². The Morgan fingerprint density at radius 3 is 2.61 bits per heavy atom. The number of nitrogens with zero attached hydrogens (tertiary/aromatic N) is 3. The van der Waals surface area contributed by atoms with Crippen molar-refractivity contribution in [3.8, 4) is 0 Å². The van der Waals surface area contributed by atoms with E-state index < -0.39 is 10.0 Å². The molecule has 8 nitrogen and oxygen atoms in total. The Bertz CT molecular complexity index is 631. The van der Waals surface area contributed by atoms with E-state index in [1.165, 1.54) is 30.6 Å². The summed E-state index contributed by atoms with van der Waals surface area (Å²) in [4.78, 5) is 3.74. The quantitative estimate of drug-likeness (QED) is 0.524. The average molecular weight is 266 g/mol. The molecule has 0 saturated carbocycles. The zero-order chi connectivity index (χ0) is 13.0. The molecule has 0 aromatic carbocycles. The predicted octanol–water partition coefficient (Wildman–Crippen LogP) is -0.0420. The van der Waals surface area contributed by atoms with E-state index in [4.69, 9.17) is 5.84 Å². The standard InChI is InChI=1S/C9H10N6O2S/c10-13-9-7(3-1-5-11-9)18(16,17)15-8-4-2-6-12-14-8/h1-6H,10H2,(H,11,13)(H,14,15). The molecule has 0 bridgehead atoms. The molecule has 0 atom stereocenters. The lowest BCUT2D eigenvalue weighted by molar-refractivity contribution is 0.601. The highest BCUT2D eigenvalue weighted by molar-refractivity contribution is 7.92. The summed E-state index contributed by atoms with van der Waals surface area (Å²) in [6, 6.07) is 5.92. The summed E-state index contributed by atoms with van der Waals surface area (Å²) in [5.74, 6) is 5.37. The first kappa shape index (κ1) is 12.2. The van der Waals surface area contributed by atoms with Gasteiger partial charge in [-0.2, -0.15) is 5.10 Å². The SMILES string of the molecule is NNc1ncccc1S(=O)(=O)Nc1cccnn1. The van der Waals surface area contributed by atoms with E-state index in [2.05, 4.69) is 25.3 Å². The second-order valence-corrected chi connectivity index (χ2v) is 4.86. The molecular formula is C9H10N6O2S. The van der Waals surface area contributed by atoms with Crippen LogP contribution in [0, 0.1) is 0 Å². The Hall–Kier alpha value is -2.26. The van der Waals surface area contributed by atoms with Crippen LogP contribution in [0.3, 0.4) is 0 Å². The molecule has 0 radical (unpaired) electrons. The molecular weight excluding hydrogens is 256 g/mol. The lowest BCUT2D eigenvalue weighted by Gasteiger charge is -2.09. The summed E-state index contributed by atoms with van der Waals surface area (Å²) in [5.41, 5.74) is 2.22. The normalized spacial score (nSPS) is 10.9. The zero-order valence-corrected chi connectivity index (χ0v) is 9.92. The molecule has 0 aliphatic carbocycles. The van der Waals surface area contributed by atoms with Crippen LogP contribution in [0.5, 0.6) is 0 Å². The van der Waals surface area contributed by atoms with E-state index >= 15 is 0 Å². The number of hydrogen-bond acceptors (Lipinski definition) is 7. The van der Waals surface area contributed by atoms with E-state index in [9.17, 15) is 8.42 Å². The molecule has 2 heterocycles. The molecule has 0 saturated heterocycles. The second-order valence-electron chi connectivity index (χ2n) is 3.21. The van der Waals surface area contributed by atoms with Gasteiger partial charge in [0.2, 0.25) is 0 Å². The third-order valence-electron chi connectivity index (χ3n) is 2.01. The number of aromatic nitrogens is 3. The largest absolute Gasteiger partial charge is 0.307 e. The van der Waals surface area contributed by atoms with Crippen LogP contribution in [-0.2, 0) is 10.0 Å². The van der Waals surface area contributed by atoms with E-state index in [1.807, 2.05) is 0 Å². The summed E-state index contributed by atoms with van der Waals surface area (Å²) in [6.07, 6.45) is 2.87. The fourth-order valence-corrected chi connectivity index (χ4v) is 2.38. The molecule has 0 unspecified atom stereocenters. The first-order valence-corrected chi connectivity index (χ1v) is 6.34. The molecule has 4 N–H and O–H groups in total. The van der Waals surface area contributed by atoms with Gasteiger partial charge in [-0.05, 0) is 24.3 Å². The summed E-state index contributed by atoms with van der Waals surface area (Å²) in [7, 11) is -3.81. The van der Waals surface area contributed by atoms with Crippen LogP contribution < -0.4 is 16.0 Å². The van der Waals surface area contributed by atoms with E-state index in [1.54, 1.807) is 6.07 Å². The molecule has 0 spiro atoms. The van der Waals surface area contributed by atoms with Crippen molar-refractivity contribution in [1.82, 2.24) is 15.2 Å². The van der Waals surface area contributed by atoms with Crippen LogP contribution in [0.15, 0.2) is 41.6 Å². The second kappa shape index (κ2) is 4.94. The molecule has 0 aliphatic rings. The topological polar surface area (TPSA) is 123 Å². The highest BCUT2D eigenvalue weighted by atomic mass is 32.2. The summed E-state index contributed by atoms with van der Waals surface area (Å²) < 4.78 is 26.4. The summed E-state index contributed by atoms with van der Waals surface area (Å²) in [6.45, 7) is 0. The van der Waals surface area contributed by atoms with Crippen molar-refractivity contribution in [3.05, 3.63) is 36.7 Å². The van der Waals surface area contributed by atoms with Crippen molar-refractivity contribution in [2.75, 3.05) is 10.1 Å². The monoisotopic (exact) mass is 266 g/mol. The number of anilines is 2. The highest BCUT2D eigenvalue weighted by Gasteiger charge is 2.19. The maximum atomic E-state index is 12.1. The summed E-state index contributed by atoms with van der Waals surface area (Å²) >= 11 is 0. The van der Waals surface area contributed by atoms with Gasteiger partial charge in [0.1, 0.15) is 4.90 Å². The van der Waals surface area contributed by atoms with Crippen LogP contribution in [0.25, 0.3) is 0 Å². The van der Waals surface area contributed by atoms with Crippen molar-refractivity contribution in [3.63, 3.8) is 0 Å². The first-order valence-electron chi connectivity index (χ1n) is 4.85. The first-order chi connectivity index (χ1) is 8.63. The van der Waals surface area contributed by atoms with E-state index in [0.717, 1.165) is 0 Å². The predicted molar refractivity (Wildman–Crippen MR) is 64.9 cm³/mol. The minimum absolute atomic E-state index is 0.0499. The molecule has 2 rings (SSSR count). The fraction of sp³-hybridized carbons (Fsp3) is 0. The minimum atomic E-state index is -3.81. The van der Waals surface area contributed by atoms with E-state index in [-0.39, 0.29) is 16.5 Å². The molecule has 2 aromatic heterocycles. The van der Waals surface area contributed by atoms with Crippen molar-refractivity contribution in [2.24, 2.45) is 5.84 Å². The van der Waals surface area contributed by atoms with Crippen LogP contribution >= 0.6 is 0 Å². The Kier molecular flexibility index (Phi) is 3.35.